The molecule has 0 atom stereocenters. The Bertz CT molecular complexity index is 1360. The number of aliphatic hydroxyl groups excluding tert-OH is 1. The average molecular weight is 441 g/mol. The number of rotatable bonds is 5. The Balaban J connectivity index is 1.50. The van der Waals surface area contributed by atoms with Crippen LogP contribution in [0.2, 0.25) is 0 Å². The van der Waals surface area contributed by atoms with Gasteiger partial charge in [0.1, 0.15) is 17.5 Å². The second-order valence-electron chi connectivity index (χ2n) is 7.78. The molecule has 0 radical (unpaired) electrons. The third-order valence-corrected chi connectivity index (χ3v) is 5.64. The van der Waals surface area contributed by atoms with E-state index >= 15 is 0 Å². The molecule has 164 valence electrons. The maximum absolute atomic E-state index is 14.5. The Morgan fingerprint density at radius 1 is 1.09 bits per heavy atom. The van der Waals surface area contributed by atoms with Crippen LogP contribution in [0.25, 0.3) is 16.6 Å². The predicted molar refractivity (Wildman–Crippen MR) is 111 cm³/mol. The lowest BCUT2D eigenvalue weighted by Crippen LogP contribution is -2.39. The standard InChI is InChI=1S/C22H18F3N5O2/c23-16-2-1-3-17(24)15(16)11-30-19-4-5-29(22(32)14(19)9-27-30)20-8-21(26-10-18(20)25)28-12-6-13(31)7-12/h1-5,8-10,12-13,31H,6-7,11H2,(H,26,28). The maximum atomic E-state index is 14.5. The molecule has 1 aromatic carbocycles. The molecule has 7 nitrogen and oxygen atoms in total. The predicted octanol–water partition coefficient (Wildman–Crippen LogP) is 2.98. The van der Waals surface area contributed by atoms with Crippen LogP contribution in [0.5, 0.6) is 0 Å². The monoisotopic (exact) mass is 441 g/mol. The van der Waals surface area contributed by atoms with Crippen LogP contribution < -0.4 is 10.9 Å². The molecule has 0 amide bonds. The molecule has 1 fully saturated rings. The summed E-state index contributed by atoms with van der Waals surface area (Å²) < 4.78 is 45.0. The number of aromatic nitrogens is 4. The first-order valence-corrected chi connectivity index (χ1v) is 10.0. The van der Waals surface area contributed by atoms with E-state index in [0.717, 1.165) is 22.9 Å². The number of anilines is 1. The third kappa shape index (κ3) is 3.52. The van der Waals surface area contributed by atoms with E-state index < -0.39 is 23.0 Å². The highest BCUT2D eigenvalue weighted by molar-refractivity contribution is 5.78. The Kier molecular flexibility index (Phi) is 4.93. The van der Waals surface area contributed by atoms with Gasteiger partial charge in [-0.15, -0.1) is 0 Å². The number of benzene rings is 1. The van der Waals surface area contributed by atoms with E-state index in [1.54, 1.807) is 0 Å². The van der Waals surface area contributed by atoms with Gasteiger partial charge in [-0.2, -0.15) is 5.10 Å². The van der Waals surface area contributed by atoms with Crippen LogP contribution in [0.15, 0.2) is 53.7 Å². The summed E-state index contributed by atoms with van der Waals surface area (Å²) in [6.45, 7) is -0.198. The van der Waals surface area contributed by atoms with Crippen LogP contribution in [-0.4, -0.2) is 36.6 Å². The van der Waals surface area contributed by atoms with Crippen molar-refractivity contribution in [1.29, 1.82) is 0 Å². The van der Waals surface area contributed by atoms with Crippen molar-refractivity contribution in [1.82, 2.24) is 19.3 Å². The van der Waals surface area contributed by atoms with Crippen molar-refractivity contribution in [2.24, 2.45) is 0 Å². The van der Waals surface area contributed by atoms with Gasteiger partial charge in [0.05, 0.1) is 41.6 Å². The molecule has 3 heterocycles. The van der Waals surface area contributed by atoms with E-state index in [9.17, 15) is 23.1 Å². The van der Waals surface area contributed by atoms with E-state index in [2.05, 4.69) is 15.4 Å². The minimum Gasteiger partial charge on any atom is -0.393 e. The summed E-state index contributed by atoms with van der Waals surface area (Å²) in [4.78, 5) is 17.0. The van der Waals surface area contributed by atoms with Gasteiger partial charge in [0.25, 0.3) is 5.56 Å². The summed E-state index contributed by atoms with van der Waals surface area (Å²) in [6.07, 6.45) is 4.49. The zero-order valence-corrected chi connectivity index (χ0v) is 16.7. The van der Waals surface area contributed by atoms with Crippen molar-refractivity contribution in [2.45, 2.75) is 31.5 Å². The van der Waals surface area contributed by atoms with Gasteiger partial charge in [-0.1, -0.05) is 6.07 Å². The van der Waals surface area contributed by atoms with E-state index in [-0.39, 0.29) is 35.3 Å². The van der Waals surface area contributed by atoms with Crippen LogP contribution in [0.4, 0.5) is 19.0 Å². The molecule has 0 aliphatic heterocycles. The number of hydrogen-bond acceptors (Lipinski definition) is 5. The van der Waals surface area contributed by atoms with Crippen molar-refractivity contribution >= 4 is 16.7 Å². The Morgan fingerprint density at radius 2 is 1.84 bits per heavy atom. The van der Waals surface area contributed by atoms with Gasteiger partial charge in [0.15, 0.2) is 5.82 Å². The fraction of sp³-hybridized carbons (Fsp3) is 0.227. The molecule has 5 rings (SSSR count). The van der Waals surface area contributed by atoms with Gasteiger partial charge in [-0.25, -0.2) is 18.2 Å². The van der Waals surface area contributed by atoms with E-state index in [1.807, 2.05) is 0 Å². The highest BCUT2D eigenvalue weighted by Crippen LogP contribution is 2.25. The van der Waals surface area contributed by atoms with Crippen molar-refractivity contribution in [2.75, 3.05) is 5.32 Å². The van der Waals surface area contributed by atoms with Gasteiger partial charge < -0.3 is 10.4 Å². The van der Waals surface area contributed by atoms with Gasteiger partial charge in [0.2, 0.25) is 0 Å². The third-order valence-electron chi connectivity index (χ3n) is 5.64. The number of fused-ring (bicyclic) bond motifs is 1. The zero-order chi connectivity index (χ0) is 22.4. The summed E-state index contributed by atoms with van der Waals surface area (Å²) in [6, 6.07) is 6.57. The number of aliphatic hydroxyl groups is 1. The molecule has 3 aromatic heterocycles. The molecule has 4 aromatic rings. The first kappa shape index (κ1) is 20.3. The average Bonchev–Trinajstić information content (AvgIpc) is 3.15. The first-order valence-electron chi connectivity index (χ1n) is 10.0. The summed E-state index contributed by atoms with van der Waals surface area (Å²) in [5.41, 5.74) is -0.330. The molecule has 2 N–H and O–H groups in total. The highest BCUT2D eigenvalue weighted by Gasteiger charge is 2.27. The molecule has 1 aliphatic carbocycles. The minimum absolute atomic E-state index is 0.00201. The largest absolute Gasteiger partial charge is 0.393 e. The molecule has 1 saturated carbocycles. The molecule has 32 heavy (non-hydrogen) atoms. The lowest BCUT2D eigenvalue weighted by atomic mass is 9.89. The molecule has 1 aliphatic rings. The number of nitrogens with zero attached hydrogens (tertiary/aromatic N) is 4. The van der Waals surface area contributed by atoms with Gasteiger partial charge in [0, 0.05) is 23.9 Å². The van der Waals surface area contributed by atoms with E-state index in [4.69, 9.17) is 0 Å². The molecule has 0 bridgehead atoms. The lowest BCUT2D eigenvalue weighted by molar-refractivity contribution is 0.0835. The Morgan fingerprint density at radius 3 is 2.56 bits per heavy atom. The molecule has 0 spiro atoms. The van der Waals surface area contributed by atoms with Gasteiger partial charge in [-0.3, -0.25) is 14.0 Å². The Hall–Kier alpha value is -3.66. The smallest absolute Gasteiger partial charge is 0.266 e. The maximum Gasteiger partial charge on any atom is 0.266 e. The normalized spacial score (nSPS) is 18.0. The fourth-order valence-corrected chi connectivity index (χ4v) is 3.83. The van der Waals surface area contributed by atoms with Gasteiger partial charge in [-0.05, 0) is 31.0 Å². The summed E-state index contributed by atoms with van der Waals surface area (Å²) in [7, 11) is 0. The highest BCUT2D eigenvalue weighted by atomic mass is 19.1. The minimum atomic E-state index is -0.708. The van der Waals surface area contributed by atoms with Crippen LogP contribution >= 0.6 is 0 Å². The number of hydrogen-bond donors (Lipinski definition) is 2. The zero-order valence-electron chi connectivity index (χ0n) is 16.7. The quantitative estimate of drug-likeness (QED) is 0.498. The van der Waals surface area contributed by atoms with Crippen LogP contribution in [-0.2, 0) is 6.54 Å². The second-order valence-corrected chi connectivity index (χ2v) is 7.78. The van der Waals surface area contributed by atoms with E-state index in [1.165, 1.54) is 35.3 Å². The lowest BCUT2D eigenvalue weighted by Gasteiger charge is -2.32. The van der Waals surface area contributed by atoms with Gasteiger partial charge >= 0.3 is 0 Å². The number of pyridine rings is 2. The number of halogens is 3. The van der Waals surface area contributed by atoms with E-state index in [0.29, 0.717) is 24.2 Å². The summed E-state index contributed by atoms with van der Waals surface area (Å²) >= 11 is 0. The molecular weight excluding hydrogens is 423 g/mol. The first-order chi connectivity index (χ1) is 15.4. The summed E-state index contributed by atoms with van der Waals surface area (Å²) in [5.74, 6) is -1.72. The van der Waals surface area contributed by atoms with Crippen LogP contribution in [0.1, 0.15) is 18.4 Å². The molecular formula is C22H18F3N5O2. The van der Waals surface area contributed by atoms with Crippen LogP contribution in [0, 0.1) is 17.5 Å². The molecule has 0 unspecified atom stereocenters. The fourth-order valence-electron chi connectivity index (χ4n) is 3.83. The SMILES string of the molecule is O=c1c2cnn(Cc3c(F)cccc3F)c2ccn1-c1cc(NC2CC(O)C2)ncc1F. The van der Waals surface area contributed by atoms with Crippen molar-refractivity contribution in [3.05, 3.63) is 82.3 Å². The Labute approximate surface area is 179 Å². The van der Waals surface area contributed by atoms with Crippen LogP contribution in [0.3, 0.4) is 0 Å². The van der Waals surface area contributed by atoms with Crippen molar-refractivity contribution in [3.8, 4) is 5.69 Å². The summed E-state index contributed by atoms with van der Waals surface area (Å²) in [5, 5.41) is 16.8. The topological polar surface area (TPSA) is 85.0 Å². The number of nitrogens with one attached hydrogen (secondary N) is 1. The van der Waals surface area contributed by atoms with Crippen molar-refractivity contribution < 1.29 is 18.3 Å². The van der Waals surface area contributed by atoms with Crippen molar-refractivity contribution in [3.63, 3.8) is 0 Å². The second kappa shape index (κ2) is 7.79. The molecule has 0 saturated heterocycles. The molecule has 10 heteroatoms.